The van der Waals surface area contributed by atoms with E-state index in [1.807, 2.05) is 0 Å². The van der Waals surface area contributed by atoms with Gasteiger partial charge in [-0.3, -0.25) is 0 Å². The molecule has 4 nitrogen and oxygen atoms in total. The van der Waals surface area contributed by atoms with Crippen LogP contribution in [-0.2, 0) is 9.47 Å². The fourth-order valence-electron chi connectivity index (χ4n) is 2.03. The maximum absolute atomic E-state index is 12.1. The second kappa shape index (κ2) is 8.48. The molecule has 2 aromatic rings. The summed E-state index contributed by atoms with van der Waals surface area (Å²) in [5, 5.41) is 0. The first-order chi connectivity index (χ1) is 11.7. The summed E-state index contributed by atoms with van der Waals surface area (Å²) in [6.45, 7) is 7.28. The van der Waals surface area contributed by atoms with Crippen LogP contribution >= 0.6 is 0 Å². The minimum Gasteiger partial charge on any atom is -0.450 e. The van der Waals surface area contributed by atoms with Gasteiger partial charge in [0.05, 0.1) is 11.1 Å². The zero-order chi connectivity index (χ0) is 17.4. The van der Waals surface area contributed by atoms with Crippen molar-refractivity contribution in [1.29, 1.82) is 0 Å². The molecule has 0 saturated carbocycles. The standard InChI is InChI=1S/C20H18O4/c1-3-17(23-19(21)15-11-7-5-8-12-15)18(4-2)24-20(22)16-13-9-6-10-14-16/h3-14,17-18H,1-2H2/t17-,18-/m1/s1. The minimum absolute atomic E-state index is 0.404. The van der Waals surface area contributed by atoms with E-state index >= 15 is 0 Å². The molecule has 0 bridgehead atoms. The van der Waals surface area contributed by atoms with Crippen molar-refractivity contribution in [2.75, 3.05) is 0 Å². The Hall–Kier alpha value is -3.14. The molecule has 0 radical (unpaired) electrons. The molecule has 2 rings (SSSR count). The van der Waals surface area contributed by atoms with E-state index in [0.29, 0.717) is 11.1 Å². The highest BCUT2D eigenvalue weighted by Crippen LogP contribution is 2.13. The summed E-state index contributed by atoms with van der Waals surface area (Å²) in [6.07, 6.45) is 1.16. The average molecular weight is 322 g/mol. The van der Waals surface area contributed by atoms with Gasteiger partial charge in [0.15, 0.2) is 12.2 Å². The molecule has 0 amide bonds. The van der Waals surface area contributed by atoms with Gasteiger partial charge in [-0.05, 0) is 36.4 Å². The van der Waals surface area contributed by atoms with Crippen LogP contribution in [0.15, 0.2) is 86.0 Å². The van der Waals surface area contributed by atoms with E-state index in [0.717, 1.165) is 0 Å². The van der Waals surface area contributed by atoms with Crippen molar-refractivity contribution in [2.45, 2.75) is 12.2 Å². The average Bonchev–Trinajstić information content (AvgIpc) is 2.65. The van der Waals surface area contributed by atoms with Gasteiger partial charge in [-0.1, -0.05) is 49.6 Å². The van der Waals surface area contributed by atoms with Crippen molar-refractivity contribution >= 4 is 11.9 Å². The molecule has 0 spiro atoms. The third kappa shape index (κ3) is 4.43. The molecule has 2 aromatic carbocycles. The third-order valence-corrected chi connectivity index (χ3v) is 3.29. The monoisotopic (exact) mass is 322 g/mol. The molecule has 0 aromatic heterocycles. The summed E-state index contributed by atoms with van der Waals surface area (Å²) in [4.78, 5) is 24.3. The molecule has 0 aliphatic carbocycles. The lowest BCUT2D eigenvalue weighted by atomic mass is 10.1. The predicted molar refractivity (Wildman–Crippen MR) is 91.7 cm³/mol. The fourth-order valence-corrected chi connectivity index (χ4v) is 2.03. The van der Waals surface area contributed by atoms with E-state index in [-0.39, 0.29) is 0 Å². The van der Waals surface area contributed by atoms with Crippen LogP contribution in [0.25, 0.3) is 0 Å². The van der Waals surface area contributed by atoms with Crippen molar-refractivity contribution in [3.05, 3.63) is 97.1 Å². The molecule has 0 fully saturated rings. The summed E-state index contributed by atoms with van der Waals surface area (Å²) in [7, 11) is 0. The SMILES string of the molecule is C=C[C@@H](OC(=O)c1ccccc1)[C@@H](C=C)OC(=O)c1ccccc1. The lowest BCUT2D eigenvalue weighted by Gasteiger charge is -2.22. The summed E-state index contributed by atoms with van der Waals surface area (Å²) in [6, 6.07) is 17.1. The Balaban J connectivity index is 2.06. The summed E-state index contributed by atoms with van der Waals surface area (Å²) in [5.41, 5.74) is 0.808. The van der Waals surface area contributed by atoms with Crippen molar-refractivity contribution in [1.82, 2.24) is 0 Å². The van der Waals surface area contributed by atoms with Gasteiger partial charge < -0.3 is 9.47 Å². The second-order valence-corrected chi connectivity index (χ2v) is 4.94. The molecule has 122 valence electrons. The van der Waals surface area contributed by atoms with Crippen molar-refractivity contribution in [2.24, 2.45) is 0 Å². The number of benzene rings is 2. The molecule has 24 heavy (non-hydrogen) atoms. The van der Waals surface area contributed by atoms with Gasteiger partial charge in [0.25, 0.3) is 0 Å². The predicted octanol–water partition coefficient (Wildman–Crippen LogP) is 3.81. The van der Waals surface area contributed by atoms with Crippen LogP contribution in [0.3, 0.4) is 0 Å². The first-order valence-corrected chi connectivity index (χ1v) is 7.43. The van der Waals surface area contributed by atoms with Gasteiger partial charge >= 0.3 is 11.9 Å². The largest absolute Gasteiger partial charge is 0.450 e. The highest BCUT2D eigenvalue weighted by molar-refractivity contribution is 5.90. The number of esters is 2. The van der Waals surface area contributed by atoms with Crippen LogP contribution in [0.5, 0.6) is 0 Å². The van der Waals surface area contributed by atoms with Gasteiger partial charge in [-0.15, -0.1) is 0 Å². The number of hydrogen-bond donors (Lipinski definition) is 0. The van der Waals surface area contributed by atoms with Crippen LogP contribution in [0, 0.1) is 0 Å². The van der Waals surface area contributed by atoms with Crippen LogP contribution in [0.4, 0.5) is 0 Å². The first kappa shape index (κ1) is 17.2. The van der Waals surface area contributed by atoms with Crippen molar-refractivity contribution in [3.63, 3.8) is 0 Å². The second-order valence-electron chi connectivity index (χ2n) is 4.94. The number of carbonyl (C=O) groups excluding carboxylic acids is 2. The Kier molecular flexibility index (Phi) is 6.08. The highest BCUT2D eigenvalue weighted by atomic mass is 16.6. The number of hydrogen-bond acceptors (Lipinski definition) is 4. The molecule has 2 atom stereocenters. The van der Waals surface area contributed by atoms with E-state index in [4.69, 9.17) is 9.47 Å². The van der Waals surface area contributed by atoms with E-state index < -0.39 is 24.1 Å². The van der Waals surface area contributed by atoms with E-state index in [9.17, 15) is 9.59 Å². The van der Waals surface area contributed by atoms with E-state index in [2.05, 4.69) is 13.2 Å². The first-order valence-electron chi connectivity index (χ1n) is 7.43. The van der Waals surface area contributed by atoms with E-state index in [1.54, 1.807) is 60.7 Å². The topological polar surface area (TPSA) is 52.6 Å². The van der Waals surface area contributed by atoms with Gasteiger partial charge in [0.2, 0.25) is 0 Å². The molecule has 0 N–H and O–H groups in total. The Labute approximate surface area is 141 Å². The summed E-state index contributed by atoms with van der Waals surface area (Å²) >= 11 is 0. The molecule has 0 unspecified atom stereocenters. The molecule has 0 aliphatic rings. The fraction of sp³-hybridized carbons (Fsp3) is 0.100. The number of rotatable bonds is 7. The lowest BCUT2D eigenvalue weighted by molar-refractivity contribution is -0.00709. The van der Waals surface area contributed by atoms with Crippen LogP contribution < -0.4 is 0 Å². The quantitative estimate of drug-likeness (QED) is 0.574. The smallest absolute Gasteiger partial charge is 0.338 e. The lowest BCUT2D eigenvalue weighted by Crippen LogP contribution is -2.32. The zero-order valence-corrected chi connectivity index (χ0v) is 13.1. The van der Waals surface area contributed by atoms with Gasteiger partial charge in [0, 0.05) is 0 Å². The summed E-state index contributed by atoms with van der Waals surface area (Å²) in [5.74, 6) is -1.05. The van der Waals surface area contributed by atoms with Crippen LogP contribution in [0.1, 0.15) is 20.7 Å². The Morgan fingerprint density at radius 1 is 0.708 bits per heavy atom. The molecular formula is C20H18O4. The molecule has 0 saturated heterocycles. The summed E-state index contributed by atoms with van der Waals surface area (Å²) < 4.78 is 10.7. The van der Waals surface area contributed by atoms with Crippen LogP contribution in [0.2, 0.25) is 0 Å². The molecule has 0 heterocycles. The number of carbonyl (C=O) groups is 2. The molecular weight excluding hydrogens is 304 g/mol. The Bertz CT molecular complexity index is 643. The molecule has 4 heteroatoms. The Morgan fingerprint density at radius 3 is 1.33 bits per heavy atom. The maximum atomic E-state index is 12.1. The highest BCUT2D eigenvalue weighted by Gasteiger charge is 2.24. The normalized spacial score (nSPS) is 12.5. The van der Waals surface area contributed by atoms with Crippen molar-refractivity contribution in [3.8, 4) is 0 Å². The van der Waals surface area contributed by atoms with Crippen LogP contribution in [-0.4, -0.2) is 24.1 Å². The van der Waals surface area contributed by atoms with Gasteiger partial charge in [-0.2, -0.15) is 0 Å². The third-order valence-electron chi connectivity index (χ3n) is 3.29. The van der Waals surface area contributed by atoms with E-state index in [1.165, 1.54) is 12.2 Å². The van der Waals surface area contributed by atoms with Gasteiger partial charge in [-0.25, -0.2) is 9.59 Å². The molecule has 0 aliphatic heterocycles. The maximum Gasteiger partial charge on any atom is 0.338 e. The van der Waals surface area contributed by atoms with Crippen molar-refractivity contribution < 1.29 is 19.1 Å². The van der Waals surface area contributed by atoms with Gasteiger partial charge in [0.1, 0.15) is 0 Å². The Morgan fingerprint density at radius 2 is 1.04 bits per heavy atom. The zero-order valence-electron chi connectivity index (χ0n) is 13.1. The number of ether oxygens (including phenoxy) is 2. The minimum atomic E-state index is -0.831.